The molecule has 0 aromatic heterocycles. The Morgan fingerprint density at radius 1 is 1.00 bits per heavy atom. The molecule has 0 aromatic rings. The Hall–Kier alpha value is 1.41. The maximum absolute atomic E-state index is 5.73. The topological polar surface area (TPSA) is 0 Å². The van der Waals surface area contributed by atoms with Crippen LogP contribution in [-0.4, -0.2) is 10.5 Å². The van der Waals surface area contributed by atoms with Crippen LogP contribution in [0.15, 0.2) is 0 Å². The van der Waals surface area contributed by atoms with Gasteiger partial charge in [-0.3, -0.25) is 0 Å². The zero-order valence-electron chi connectivity index (χ0n) is 5.13. The molecule has 0 amide bonds. The number of hydrogen-bond acceptors (Lipinski definition) is 0. The summed E-state index contributed by atoms with van der Waals surface area (Å²) in [6, 6.07) is 0. The van der Waals surface area contributed by atoms with Gasteiger partial charge >= 0.3 is 65.5 Å². The number of rotatable bonds is 0. The molecule has 0 N–H and O–H groups in total. The zero-order chi connectivity index (χ0) is 7.00. The summed E-state index contributed by atoms with van der Waals surface area (Å²) < 4.78 is -0.0787. The van der Waals surface area contributed by atoms with Gasteiger partial charge in [0.25, 0.3) is 0 Å². The normalized spacial score (nSPS) is 14.2. The molecule has 0 atom stereocenters. The fraction of sp³-hybridized carbons (Fsp3) is 1.00. The average Bonchev–Trinajstić information content (AvgIpc) is 1.25. The molecular weight excluding hydrogens is 227 g/mol. The molecule has 0 aliphatic heterocycles. The Morgan fingerprint density at radius 2 is 1.12 bits per heavy atom. The minimum atomic E-state index is -2.90. The fourth-order valence-corrected chi connectivity index (χ4v) is 0. The second-order valence-electron chi connectivity index (χ2n) is 2.75. The molecule has 0 radical (unpaired) electrons. The van der Waals surface area contributed by atoms with E-state index < -0.39 is 10.5 Å². The first-order valence-electron chi connectivity index (χ1n) is 2.32. The Kier molecular flexibility index (Phi) is 3.02. The van der Waals surface area contributed by atoms with E-state index in [1.807, 2.05) is 20.8 Å². The Labute approximate surface area is 65.4 Å². The molecule has 0 bridgehead atoms. The summed E-state index contributed by atoms with van der Waals surface area (Å²) in [4.78, 5) is 0. The van der Waals surface area contributed by atoms with Crippen LogP contribution in [0.5, 0.6) is 0 Å². The molecular formula is C4H9Cl3Ge. The number of hydrogen-bond donors (Lipinski definition) is 0. The third kappa shape index (κ3) is 2.81. The van der Waals surface area contributed by atoms with Crippen molar-refractivity contribution in [1.82, 2.24) is 0 Å². The van der Waals surface area contributed by atoms with Crippen LogP contribution in [0, 0.1) is 0 Å². The molecule has 0 saturated heterocycles. The minimum absolute atomic E-state index is 0.0787. The van der Waals surface area contributed by atoms with Gasteiger partial charge in [0.15, 0.2) is 0 Å². The summed E-state index contributed by atoms with van der Waals surface area (Å²) >= 11 is 0. The van der Waals surface area contributed by atoms with Crippen LogP contribution in [0.25, 0.3) is 0 Å². The van der Waals surface area contributed by atoms with E-state index in [1.54, 1.807) is 0 Å². The molecule has 50 valence electrons. The van der Waals surface area contributed by atoms with E-state index in [0.717, 1.165) is 0 Å². The average molecular weight is 236 g/mol. The van der Waals surface area contributed by atoms with Gasteiger partial charge in [0, 0.05) is 0 Å². The summed E-state index contributed by atoms with van der Waals surface area (Å²) in [6.45, 7) is 5.88. The van der Waals surface area contributed by atoms with E-state index in [-0.39, 0.29) is 4.25 Å². The Morgan fingerprint density at radius 3 is 1.12 bits per heavy atom. The van der Waals surface area contributed by atoms with Gasteiger partial charge < -0.3 is 0 Å². The maximum atomic E-state index is 5.73. The van der Waals surface area contributed by atoms with Crippen molar-refractivity contribution in [2.75, 3.05) is 0 Å². The van der Waals surface area contributed by atoms with Gasteiger partial charge in [-0.1, -0.05) is 0 Å². The summed E-state index contributed by atoms with van der Waals surface area (Å²) in [5, 5.41) is 0. The molecule has 0 nitrogen and oxygen atoms in total. The summed E-state index contributed by atoms with van der Waals surface area (Å²) in [5.41, 5.74) is 0. The van der Waals surface area contributed by atoms with Crippen LogP contribution in [0.3, 0.4) is 0 Å². The zero-order valence-corrected chi connectivity index (χ0v) is 9.50. The van der Waals surface area contributed by atoms with Gasteiger partial charge in [-0.05, 0) is 0 Å². The monoisotopic (exact) mass is 236 g/mol. The van der Waals surface area contributed by atoms with Gasteiger partial charge in [-0.2, -0.15) is 0 Å². The van der Waals surface area contributed by atoms with Crippen molar-refractivity contribution >= 4 is 40.5 Å². The SMILES string of the molecule is C[C](C)(C)[Ge]([Cl])([Cl])[Cl]. The molecule has 0 aromatic carbocycles. The standard InChI is InChI=1S/C4H9Cl3Ge/c1-4(2,3)8(5,6)7/h1-3H3. The first-order valence-corrected chi connectivity index (χ1v) is 11.6. The molecule has 4 heteroatoms. The Balaban J connectivity index is 4.02. The molecule has 0 heterocycles. The van der Waals surface area contributed by atoms with Gasteiger partial charge in [-0.25, -0.2) is 0 Å². The van der Waals surface area contributed by atoms with Crippen molar-refractivity contribution < 1.29 is 0 Å². The van der Waals surface area contributed by atoms with Gasteiger partial charge in [0.2, 0.25) is 0 Å². The summed E-state index contributed by atoms with van der Waals surface area (Å²) in [5.74, 6) is 0. The second-order valence-corrected chi connectivity index (χ2v) is 19.8. The second kappa shape index (κ2) is 2.57. The third-order valence-corrected chi connectivity index (χ3v) is 13.3. The van der Waals surface area contributed by atoms with Crippen molar-refractivity contribution in [3.05, 3.63) is 0 Å². The quantitative estimate of drug-likeness (QED) is 0.565. The molecule has 0 unspecified atom stereocenters. The van der Waals surface area contributed by atoms with Crippen LogP contribution in [0.2, 0.25) is 4.25 Å². The van der Waals surface area contributed by atoms with Gasteiger partial charge in [0.05, 0.1) is 0 Å². The third-order valence-electron chi connectivity index (χ3n) is 0.850. The molecule has 0 fully saturated rings. The van der Waals surface area contributed by atoms with Crippen molar-refractivity contribution in [3.8, 4) is 0 Å². The van der Waals surface area contributed by atoms with Crippen molar-refractivity contribution in [2.45, 2.75) is 25.0 Å². The fourth-order valence-electron chi connectivity index (χ4n) is 0. The van der Waals surface area contributed by atoms with E-state index in [1.165, 1.54) is 0 Å². The summed E-state index contributed by atoms with van der Waals surface area (Å²) in [7, 11) is 14.3. The van der Waals surface area contributed by atoms with Crippen LogP contribution in [0.1, 0.15) is 20.8 Å². The number of halogens is 3. The van der Waals surface area contributed by atoms with Crippen molar-refractivity contribution in [2.24, 2.45) is 0 Å². The van der Waals surface area contributed by atoms with E-state index in [9.17, 15) is 0 Å². The van der Waals surface area contributed by atoms with Crippen LogP contribution < -0.4 is 0 Å². The molecule has 0 aliphatic carbocycles. The van der Waals surface area contributed by atoms with Crippen LogP contribution in [0.4, 0.5) is 0 Å². The van der Waals surface area contributed by atoms with E-state index in [2.05, 4.69) is 0 Å². The van der Waals surface area contributed by atoms with E-state index >= 15 is 0 Å². The molecule has 8 heavy (non-hydrogen) atoms. The Bertz CT molecular complexity index is 66.3. The first-order chi connectivity index (χ1) is 3.25. The van der Waals surface area contributed by atoms with E-state index in [0.29, 0.717) is 0 Å². The predicted octanol–water partition coefficient (Wildman–Crippen LogP) is 3.44. The van der Waals surface area contributed by atoms with Crippen LogP contribution in [-0.2, 0) is 0 Å². The first kappa shape index (κ1) is 9.41. The molecule has 0 aliphatic rings. The molecule has 0 saturated carbocycles. The van der Waals surface area contributed by atoms with Gasteiger partial charge in [0.1, 0.15) is 0 Å². The van der Waals surface area contributed by atoms with E-state index in [4.69, 9.17) is 30.0 Å². The van der Waals surface area contributed by atoms with Crippen molar-refractivity contribution in [3.63, 3.8) is 0 Å². The van der Waals surface area contributed by atoms with Gasteiger partial charge in [-0.15, -0.1) is 0 Å². The van der Waals surface area contributed by atoms with Crippen molar-refractivity contribution in [1.29, 1.82) is 0 Å². The summed E-state index contributed by atoms with van der Waals surface area (Å²) in [6.07, 6.45) is 0. The molecule has 0 spiro atoms. The van der Waals surface area contributed by atoms with Crippen LogP contribution >= 0.6 is 30.0 Å². The molecule has 0 rings (SSSR count). The predicted molar refractivity (Wildman–Crippen MR) is 43.0 cm³/mol.